The van der Waals surface area contributed by atoms with E-state index in [2.05, 4.69) is 39.9 Å². The zero-order chi connectivity index (χ0) is 31.5. The molecule has 12 heteroatoms. The van der Waals surface area contributed by atoms with Crippen molar-refractivity contribution in [2.75, 3.05) is 0 Å². The van der Waals surface area contributed by atoms with Crippen LogP contribution in [0.15, 0.2) is 70.3 Å². The Bertz CT molecular complexity index is 1960. The van der Waals surface area contributed by atoms with Gasteiger partial charge in [-0.15, -0.1) is 0 Å². The second kappa shape index (κ2) is 11.1. The highest BCUT2D eigenvalue weighted by Crippen LogP contribution is 2.36. The Kier molecular flexibility index (Phi) is 7.51. The molecule has 0 radical (unpaired) electrons. The van der Waals surface area contributed by atoms with E-state index in [1.165, 1.54) is 17.0 Å². The minimum Gasteiger partial charge on any atom is -0.334 e. The second-order valence-electron chi connectivity index (χ2n) is 11.7. The van der Waals surface area contributed by atoms with E-state index < -0.39 is 23.7 Å². The number of hydrogen-bond donors (Lipinski definition) is 0. The van der Waals surface area contributed by atoms with Crippen LogP contribution < -0.4 is 5.56 Å². The maximum absolute atomic E-state index is 14.3. The largest absolute Gasteiger partial charge is 0.417 e. The fourth-order valence-electron chi connectivity index (χ4n) is 5.92. The van der Waals surface area contributed by atoms with Crippen LogP contribution >= 0.6 is 15.9 Å². The lowest BCUT2D eigenvalue weighted by atomic mass is 9.97. The molecule has 1 amide bonds. The lowest BCUT2D eigenvalue weighted by molar-refractivity contribution is -0.138. The van der Waals surface area contributed by atoms with Gasteiger partial charge in [-0.2, -0.15) is 18.3 Å². The standard InChI is InChI=1S/C32H30BrF3N6O2/c1-18(2)13-22-16-38-42-27-17-40(30(43)21-7-10-26(33)25(15-21)32(34,35)36)19(3)14-24(27)31(44)41(29(22)42)23-8-5-20(6-9-23)28-37-11-12-39(28)4/h5-12,15-16,18-19H,13-14,17H2,1-4H3. The number of aryl methyl sites for hydroxylation is 1. The molecule has 1 atom stereocenters. The summed E-state index contributed by atoms with van der Waals surface area (Å²) in [5.74, 6) is 0.542. The van der Waals surface area contributed by atoms with Crippen LogP contribution in [0.1, 0.15) is 53.5 Å². The Hall–Kier alpha value is -4.19. The van der Waals surface area contributed by atoms with E-state index >= 15 is 0 Å². The van der Waals surface area contributed by atoms with Gasteiger partial charge in [0.15, 0.2) is 0 Å². The summed E-state index contributed by atoms with van der Waals surface area (Å²) in [4.78, 5) is 33.9. The molecule has 3 aromatic heterocycles. The molecular weight excluding hydrogens is 637 g/mol. The molecular formula is C32H30BrF3N6O2. The van der Waals surface area contributed by atoms with Gasteiger partial charge in [0.25, 0.3) is 11.5 Å². The van der Waals surface area contributed by atoms with Crippen molar-refractivity contribution in [2.24, 2.45) is 13.0 Å². The molecule has 0 aliphatic carbocycles. The molecule has 1 aliphatic heterocycles. The molecule has 0 saturated carbocycles. The monoisotopic (exact) mass is 666 g/mol. The summed E-state index contributed by atoms with van der Waals surface area (Å²) >= 11 is 2.94. The van der Waals surface area contributed by atoms with E-state index in [9.17, 15) is 22.8 Å². The zero-order valence-electron chi connectivity index (χ0n) is 24.6. The van der Waals surface area contributed by atoms with Crippen molar-refractivity contribution in [3.8, 4) is 17.1 Å². The first-order valence-electron chi connectivity index (χ1n) is 14.2. The van der Waals surface area contributed by atoms with Crippen LogP contribution in [0.25, 0.3) is 22.7 Å². The minimum atomic E-state index is -4.62. The number of carbonyl (C=O) groups is 1. The summed E-state index contributed by atoms with van der Waals surface area (Å²) < 4.78 is 46.0. The van der Waals surface area contributed by atoms with Crippen molar-refractivity contribution in [1.29, 1.82) is 0 Å². The summed E-state index contributed by atoms with van der Waals surface area (Å²) in [5, 5.41) is 4.68. The van der Waals surface area contributed by atoms with Gasteiger partial charge in [-0.3, -0.25) is 14.2 Å². The van der Waals surface area contributed by atoms with Gasteiger partial charge in [-0.1, -0.05) is 29.8 Å². The summed E-state index contributed by atoms with van der Waals surface area (Å²) in [6.07, 6.45) is 1.62. The molecule has 44 heavy (non-hydrogen) atoms. The van der Waals surface area contributed by atoms with E-state index in [0.29, 0.717) is 29.0 Å². The number of benzene rings is 2. The van der Waals surface area contributed by atoms with Gasteiger partial charge in [0, 0.05) is 52.2 Å². The molecule has 8 nitrogen and oxygen atoms in total. The molecule has 1 unspecified atom stereocenters. The van der Waals surface area contributed by atoms with Crippen LogP contribution in [0, 0.1) is 5.92 Å². The number of rotatable bonds is 5. The third-order valence-electron chi connectivity index (χ3n) is 8.06. The van der Waals surface area contributed by atoms with E-state index in [1.807, 2.05) is 42.1 Å². The molecule has 2 aromatic carbocycles. The van der Waals surface area contributed by atoms with Gasteiger partial charge in [-0.05, 0) is 68.1 Å². The van der Waals surface area contributed by atoms with Crippen molar-refractivity contribution < 1.29 is 18.0 Å². The van der Waals surface area contributed by atoms with Crippen molar-refractivity contribution in [3.05, 3.63) is 104 Å². The van der Waals surface area contributed by atoms with Crippen LogP contribution in [-0.4, -0.2) is 40.6 Å². The quantitative estimate of drug-likeness (QED) is 0.216. The Balaban J connectivity index is 1.46. The van der Waals surface area contributed by atoms with E-state index in [0.717, 1.165) is 23.0 Å². The number of nitrogens with zero attached hydrogens (tertiary/aromatic N) is 6. The summed E-state index contributed by atoms with van der Waals surface area (Å²) in [5.41, 5.74) is 2.95. The number of amides is 1. The number of imidazole rings is 1. The summed E-state index contributed by atoms with van der Waals surface area (Å²) in [6, 6.07) is 10.7. The van der Waals surface area contributed by atoms with Crippen molar-refractivity contribution in [2.45, 2.75) is 52.4 Å². The third-order valence-corrected chi connectivity index (χ3v) is 8.75. The van der Waals surface area contributed by atoms with Crippen molar-refractivity contribution in [3.63, 3.8) is 0 Å². The smallest absolute Gasteiger partial charge is 0.334 e. The predicted molar refractivity (Wildman–Crippen MR) is 164 cm³/mol. The number of carbonyl (C=O) groups excluding carboxylic acids is 1. The molecule has 0 spiro atoms. The fourth-order valence-corrected chi connectivity index (χ4v) is 6.40. The fraction of sp³-hybridized carbons (Fsp3) is 0.312. The normalized spacial score (nSPS) is 15.3. The number of aromatic nitrogens is 5. The highest BCUT2D eigenvalue weighted by atomic mass is 79.9. The number of alkyl halides is 3. The van der Waals surface area contributed by atoms with Crippen LogP contribution in [0.2, 0.25) is 0 Å². The average molecular weight is 668 g/mol. The van der Waals surface area contributed by atoms with Gasteiger partial charge in [0.1, 0.15) is 11.5 Å². The summed E-state index contributed by atoms with van der Waals surface area (Å²) in [7, 11) is 1.92. The molecule has 0 N–H and O–H groups in total. The number of halogens is 4. The van der Waals surface area contributed by atoms with Gasteiger partial charge in [0.2, 0.25) is 0 Å². The molecule has 0 saturated heterocycles. The summed E-state index contributed by atoms with van der Waals surface area (Å²) in [6.45, 7) is 6.00. The molecule has 0 bridgehead atoms. The van der Waals surface area contributed by atoms with Crippen LogP contribution in [0.4, 0.5) is 13.2 Å². The van der Waals surface area contributed by atoms with Gasteiger partial charge in [-0.25, -0.2) is 9.50 Å². The minimum absolute atomic E-state index is 0.0280. The van der Waals surface area contributed by atoms with E-state index in [-0.39, 0.29) is 34.5 Å². The first kappa shape index (κ1) is 29.9. The highest BCUT2D eigenvalue weighted by Gasteiger charge is 2.36. The van der Waals surface area contributed by atoms with Gasteiger partial charge >= 0.3 is 6.18 Å². The molecule has 5 aromatic rings. The third kappa shape index (κ3) is 5.14. The van der Waals surface area contributed by atoms with Gasteiger partial charge in [0.05, 0.1) is 29.7 Å². The van der Waals surface area contributed by atoms with E-state index in [1.54, 1.807) is 28.4 Å². The zero-order valence-corrected chi connectivity index (χ0v) is 26.1. The Labute approximate surface area is 259 Å². The first-order valence-corrected chi connectivity index (χ1v) is 15.0. The Morgan fingerprint density at radius 3 is 2.50 bits per heavy atom. The Morgan fingerprint density at radius 2 is 1.86 bits per heavy atom. The van der Waals surface area contributed by atoms with E-state index in [4.69, 9.17) is 0 Å². The maximum Gasteiger partial charge on any atom is 0.417 e. The molecule has 0 fully saturated rings. The van der Waals surface area contributed by atoms with Crippen LogP contribution in [0.5, 0.6) is 0 Å². The van der Waals surface area contributed by atoms with Crippen molar-refractivity contribution >= 4 is 27.5 Å². The maximum atomic E-state index is 14.3. The molecule has 228 valence electrons. The average Bonchev–Trinajstić information content (AvgIpc) is 3.58. The first-order chi connectivity index (χ1) is 20.8. The molecule has 1 aliphatic rings. The lowest BCUT2D eigenvalue weighted by Crippen LogP contribution is -2.46. The van der Waals surface area contributed by atoms with Crippen molar-refractivity contribution in [1.82, 2.24) is 28.6 Å². The molecule has 6 rings (SSSR count). The molecule has 4 heterocycles. The lowest BCUT2D eigenvalue weighted by Gasteiger charge is -2.35. The number of fused-ring (bicyclic) bond motifs is 3. The number of hydrogen-bond acceptors (Lipinski definition) is 4. The topological polar surface area (TPSA) is 77.4 Å². The SMILES string of the molecule is CC(C)Cc1cnn2c3c(c(=O)n(-c4ccc(-c5nccn5C)cc4)c12)CC(C)N(C(=O)c1ccc(Br)c(C(F)(F)F)c1)C3. The second-order valence-corrected chi connectivity index (χ2v) is 12.5. The highest BCUT2D eigenvalue weighted by molar-refractivity contribution is 9.10. The van der Waals surface area contributed by atoms with Crippen LogP contribution in [0.3, 0.4) is 0 Å². The van der Waals surface area contributed by atoms with Gasteiger partial charge < -0.3 is 9.47 Å². The predicted octanol–water partition coefficient (Wildman–Crippen LogP) is 6.45. The van der Waals surface area contributed by atoms with Crippen LogP contribution in [-0.2, 0) is 32.6 Å². The Morgan fingerprint density at radius 1 is 1.14 bits per heavy atom.